The molecule has 1 aromatic heterocycles. The maximum atomic E-state index is 11.5. The number of carbonyl (C=O) groups is 1. The molecular formula is C14H22O2S. The van der Waals surface area contributed by atoms with Crippen LogP contribution >= 0.6 is 11.3 Å². The molecule has 0 spiro atoms. The van der Waals surface area contributed by atoms with Crippen molar-refractivity contribution >= 4 is 17.3 Å². The average molecular weight is 254 g/mol. The first-order chi connectivity index (χ1) is 8.14. The number of aliphatic carboxylic acids is 1. The molecule has 0 aliphatic carbocycles. The van der Waals surface area contributed by atoms with Gasteiger partial charge in [0, 0.05) is 4.88 Å². The fourth-order valence-electron chi connectivity index (χ4n) is 2.18. The van der Waals surface area contributed by atoms with Crippen molar-refractivity contribution in [1.82, 2.24) is 0 Å². The Morgan fingerprint density at radius 2 is 2.18 bits per heavy atom. The Kier molecular flexibility index (Phi) is 5.69. The summed E-state index contributed by atoms with van der Waals surface area (Å²) in [6.07, 6.45) is 5.26. The molecule has 0 aromatic carbocycles. The van der Waals surface area contributed by atoms with Gasteiger partial charge >= 0.3 is 5.97 Å². The summed E-state index contributed by atoms with van der Waals surface area (Å²) in [5.41, 5.74) is -0.514. The van der Waals surface area contributed by atoms with E-state index in [0.717, 1.165) is 38.5 Å². The van der Waals surface area contributed by atoms with Gasteiger partial charge in [-0.3, -0.25) is 4.79 Å². The van der Waals surface area contributed by atoms with Crippen molar-refractivity contribution in [1.29, 1.82) is 0 Å². The van der Waals surface area contributed by atoms with Gasteiger partial charge in [-0.25, -0.2) is 0 Å². The van der Waals surface area contributed by atoms with Crippen LogP contribution in [-0.2, 0) is 11.2 Å². The molecule has 17 heavy (non-hydrogen) atoms. The van der Waals surface area contributed by atoms with Crippen LogP contribution in [0.2, 0.25) is 0 Å². The minimum absolute atomic E-state index is 0.514. The lowest BCUT2D eigenvalue weighted by Crippen LogP contribution is -2.31. The highest BCUT2D eigenvalue weighted by Gasteiger charge is 2.35. The average Bonchev–Trinajstić information content (AvgIpc) is 2.82. The molecule has 0 bridgehead atoms. The lowest BCUT2D eigenvalue weighted by Gasteiger charge is -2.28. The van der Waals surface area contributed by atoms with E-state index in [4.69, 9.17) is 0 Å². The van der Waals surface area contributed by atoms with E-state index in [1.165, 1.54) is 4.88 Å². The summed E-state index contributed by atoms with van der Waals surface area (Å²) in [4.78, 5) is 12.8. The van der Waals surface area contributed by atoms with Gasteiger partial charge in [-0.1, -0.05) is 32.8 Å². The number of aryl methyl sites for hydroxylation is 1. The van der Waals surface area contributed by atoms with Gasteiger partial charge in [-0.2, -0.15) is 0 Å². The Morgan fingerprint density at radius 1 is 1.41 bits per heavy atom. The van der Waals surface area contributed by atoms with Crippen molar-refractivity contribution in [3.05, 3.63) is 22.4 Å². The Labute approximate surface area is 108 Å². The molecule has 0 saturated carbocycles. The number of hydrogen-bond donors (Lipinski definition) is 1. The zero-order valence-corrected chi connectivity index (χ0v) is 11.6. The van der Waals surface area contributed by atoms with Crippen molar-refractivity contribution in [3.63, 3.8) is 0 Å². The van der Waals surface area contributed by atoms with E-state index in [1.54, 1.807) is 11.3 Å². The number of unbranched alkanes of at least 4 members (excludes halogenated alkanes) is 1. The molecule has 1 aromatic rings. The lowest BCUT2D eigenvalue weighted by molar-refractivity contribution is -0.150. The summed E-state index contributed by atoms with van der Waals surface area (Å²) in [6, 6.07) is 4.12. The Bertz CT molecular complexity index is 332. The molecular weight excluding hydrogens is 232 g/mol. The summed E-state index contributed by atoms with van der Waals surface area (Å²) in [5.74, 6) is -0.620. The second kappa shape index (κ2) is 6.80. The van der Waals surface area contributed by atoms with Crippen LogP contribution < -0.4 is 0 Å². The van der Waals surface area contributed by atoms with Crippen LogP contribution in [0.15, 0.2) is 17.5 Å². The SMILES string of the molecule is CCCCC(CC)(CCc1cccs1)C(=O)O. The van der Waals surface area contributed by atoms with Gasteiger partial charge in [0.1, 0.15) is 0 Å². The van der Waals surface area contributed by atoms with Gasteiger partial charge < -0.3 is 5.11 Å². The molecule has 0 amide bonds. The van der Waals surface area contributed by atoms with Crippen molar-refractivity contribution in [2.75, 3.05) is 0 Å². The lowest BCUT2D eigenvalue weighted by atomic mass is 9.76. The molecule has 0 aliphatic heterocycles. The third-order valence-electron chi connectivity index (χ3n) is 3.57. The Balaban J connectivity index is 2.64. The largest absolute Gasteiger partial charge is 0.481 e. The Morgan fingerprint density at radius 3 is 2.65 bits per heavy atom. The van der Waals surface area contributed by atoms with E-state index in [1.807, 2.05) is 13.0 Å². The van der Waals surface area contributed by atoms with Crippen molar-refractivity contribution in [2.24, 2.45) is 5.41 Å². The molecule has 0 aliphatic rings. The quantitative estimate of drug-likeness (QED) is 0.748. The maximum absolute atomic E-state index is 11.5. The Hall–Kier alpha value is -0.830. The molecule has 0 saturated heterocycles. The van der Waals surface area contributed by atoms with Gasteiger partial charge in [0.25, 0.3) is 0 Å². The zero-order chi connectivity index (χ0) is 12.7. The summed E-state index contributed by atoms with van der Waals surface area (Å²) in [7, 11) is 0. The minimum Gasteiger partial charge on any atom is -0.481 e. The smallest absolute Gasteiger partial charge is 0.309 e. The van der Waals surface area contributed by atoms with E-state index in [0.29, 0.717) is 0 Å². The third kappa shape index (κ3) is 3.84. The number of carboxylic acid groups (broad SMARTS) is 1. The van der Waals surface area contributed by atoms with Gasteiger partial charge in [0.15, 0.2) is 0 Å². The minimum atomic E-state index is -0.620. The topological polar surface area (TPSA) is 37.3 Å². The summed E-state index contributed by atoms with van der Waals surface area (Å²) < 4.78 is 0. The predicted octanol–water partition coefficient (Wildman–Crippen LogP) is 4.35. The highest BCUT2D eigenvalue weighted by molar-refractivity contribution is 7.09. The first-order valence-electron chi connectivity index (χ1n) is 6.40. The third-order valence-corrected chi connectivity index (χ3v) is 4.51. The molecule has 3 heteroatoms. The molecule has 0 fully saturated rings. The van der Waals surface area contributed by atoms with E-state index in [-0.39, 0.29) is 0 Å². The number of thiophene rings is 1. The molecule has 1 N–H and O–H groups in total. The van der Waals surface area contributed by atoms with Gasteiger partial charge in [0.2, 0.25) is 0 Å². The summed E-state index contributed by atoms with van der Waals surface area (Å²) >= 11 is 1.72. The maximum Gasteiger partial charge on any atom is 0.309 e. The molecule has 1 unspecified atom stereocenters. The zero-order valence-electron chi connectivity index (χ0n) is 10.7. The molecule has 1 heterocycles. The fraction of sp³-hybridized carbons (Fsp3) is 0.643. The number of carboxylic acids is 1. The van der Waals surface area contributed by atoms with Crippen molar-refractivity contribution < 1.29 is 9.90 Å². The van der Waals surface area contributed by atoms with Crippen LogP contribution in [0.3, 0.4) is 0 Å². The van der Waals surface area contributed by atoms with Gasteiger partial charge in [-0.15, -0.1) is 11.3 Å². The van der Waals surface area contributed by atoms with Crippen molar-refractivity contribution in [2.45, 2.75) is 52.4 Å². The molecule has 1 rings (SSSR count). The van der Waals surface area contributed by atoms with E-state index in [2.05, 4.69) is 18.4 Å². The van der Waals surface area contributed by atoms with E-state index in [9.17, 15) is 9.90 Å². The second-order valence-corrected chi connectivity index (χ2v) is 5.65. The molecule has 1 atom stereocenters. The van der Waals surface area contributed by atoms with Crippen LogP contribution in [0.5, 0.6) is 0 Å². The number of hydrogen-bond acceptors (Lipinski definition) is 2. The second-order valence-electron chi connectivity index (χ2n) is 4.62. The monoisotopic (exact) mass is 254 g/mol. The standard InChI is InChI=1S/C14H22O2S/c1-3-5-9-14(4-2,13(15)16)10-8-12-7-6-11-17-12/h6-7,11H,3-5,8-10H2,1-2H3,(H,15,16). The van der Waals surface area contributed by atoms with Crippen LogP contribution in [0.25, 0.3) is 0 Å². The highest BCUT2D eigenvalue weighted by atomic mass is 32.1. The number of rotatable bonds is 8. The summed E-state index contributed by atoms with van der Waals surface area (Å²) in [6.45, 7) is 4.11. The first-order valence-corrected chi connectivity index (χ1v) is 7.28. The molecule has 2 nitrogen and oxygen atoms in total. The summed E-state index contributed by atoms with van der Waals surface area (Å²) in [5, 5.41) is 11.5. The fourth-order valence-corrected chi connectivity index (χ4v) is 2.89. The molecule has 96 valence electrons. The normalized spacial score (nSPS) is 14.5. The van der Waals surface area contributed by atoms with Crippen molar-refractivity contribution in [3.8, 4) is 0 Å². The first kappa shape index (κ1) is 14.2. The van der Waals surface area contributed by atoms with Crippen LogP contribution in [0.1, 0.15) is 50.8 Å². The predicted molar refractivity (Wildman–Crippen MR) is 72.5 cm³/mol. The molecule has 0 radical (unpaired) electrons. The van der Waals surface area contributed by atoms with Gasteiger partial charge in [-0.05, 0) is 37.1 Å². The van der Waals surface area contributed by atoms with Crippen LogP contribution in [0.4, 0.5) is 0 Å². The van der Waals surface area contributed by atoms with E-state index < -0.39 is 11.4 Å². The van der Waals surface area contributed by atoms with Gasteiger partial charge in [0.05, 0.1) is 5.41 Å². The van der Waals surface area contributed by atoms with E-state index >= 15 is 0 Å². The van der Waals surface area contributed by atoms with Crippen LogP contribution in [-0.4, -0.2) is 11.1 Å². The van der Waals surface area contributed by atoms with Crippen LogP contribution in [0, 0.1) is 5.41 Å². The highest BCUT2D eigenvalue weighted by Crippen LogP contribution is 2.35.